The summed E-state index contributed by atoms with van der Waals surface area (Å²) in [7, 11) is 0. The highest BCUT2D eigenvalue weighted by Gasteiger charge is 2.38. The molecular formula is C26H21N3O4. The molecule has 1 fully saturated rings. The molecule has 0 radical (unpaired) electrons. The summed E-state index contributed by atoms with van der Waals surface area (Å²) < 4.78 is 0. The summed E-state index contributed by atoms with van der Waals surface area (Å²) in [5.74, 6) is -0.448. The van der Waals surface area contributed by atoms with E-state index >= 15 is 0 Å². The van der Waals surface area contributed by atoms with Crippen LogP contribution in [0.3, 0.4) is 0 Å². The number of carbonyl (C=O) groups is 2. The van der Waals surface area contributed by atoms with Gasteiger partial charge in [0.2, 0.25) is 0 Å². The van der Waals surface area contributed by atoms with E-state index in [0.29, 0.717) is 29.7 Å². The van der Waals surface area contributed by atoms with Crippen molar-refractivity contribution in [3.63, 3.8) is 0 Å². The van der Waals surface area contributed by atoms with E-state index in [1.165, 1.54) is 12.1 Å². The van der Waals surface area contributed by atoms with E-state index in [0.717, 1.165) is 23.4 Å². The number of aliphatic imine (C=N–C) groups is 1. The minimum Gasteiger partial charge on any atom is -0.375 e. The third-order valence-corrected chi connectivity index (χ3v) is 6.23. The average Bonchev–Trinajstić information content (AvgIpc) is 3.01. The van der Waals surface area contributed by atoms with Gasteiger partial charge in [0.1, 0.15) is 5.78 Å². The molecule has 3 aromatic rings. The number of carbonyl (C=O) groups excluding carboxylic acids is 2. The number of fused-ring (bicyclic) bond motifs is 2. The van der Waals surface area contributed by atoms with Crippen LogP contribution in [-0.4, -0.2) is 22.2 Å². The molecule has 3 aromatic carbocycles. The summed E-state index contributed by atoms with van der Waals surface area (Å²) >= 11 is 0. The van der Waals surface area contributed by atoms with E-state index in [2.05, 4.69) is 5.32 Å². The van der Waals surface area contributed by atoms with Crippen molar-refractivity contribution in [1.29, 1.82) is 0 Å². The van der Waals surface area contributed by atoms with Gasteiger partial charge in [-0.2, -0.15) is 0 Å². The van der Waals surface area contributed by atoms with Gasteiger partial charge in [-0.05, 0) is 36.6 Å². The normalized spacial score (nSPS) is 19.4. The van der Waals surface area contributed by atoms with Gasteiger partial charge in [-0.3, -0.25) is 24.7 Å². The van der Waals surface area contributed by atoms with E-state index in [1.54, 1.807) is 36.4 Å². The predicted octanol–water partition coefficient (Wildman–Crippen LogP) is 5.43. The number of non-ortho nitro benzene ring substituents is 1. The summed E-state index contributed by atoms with van der Waals surface area (Å²) in [6.45, 7) is 0. The molecule has 0 bridgehead atoms. The third kappa shape index (κ3) is 3.93. The second-order valence-electron chi connectivity index (χ2n) is 8.30. The Kier molecular flexibility index (Phi) is 5.30. The molecule has 1 N–H and O–H groups in total. The maximum absolute atomic E-state index is 13.0. The zero-order valence-corrected chi connectivity index (χ0v) is 17.7. The fraction of sp³-hybridized carbons (Fsp3) is 0.192. The van der Waals surface area contributed by atoms with Gasteiger partial charge < -0.3 is 5.32 Å². The van der Waals surface area contributed by atoms with Gasteiger partial charge in [0.15, 0.2) is 5.78 Å². The van der Waals surface area contributed by atoms with Crippen molar-refractivity contribution in [1.82, 2.24) is 0 Å². The van der Waals surface area contributed by atoms with Crippen molar-refractivity contribution in [2.45, 2.75) is 25.3 Å². The molecule has 2 atom stereocenters. The molecule has 1 aliphatic heterocycles. The van der Waals surface area contributed by atoms with Crippen LogP contribution in [0, 0.1) is 16.0 Å². The summed E-state index contributed by atoms with van der Waals surface area (Å²) in [6.07, 6.45) is 1.90. The molecule has 5 rings (SSSR count). The quantitative estimate of drug-likeness (QED) is 0.332. The Labute approximate surface area is 190 Å². The zero-order chi connectivity index (χ0) is 22.9. The SMILES string of the molecule is O=C(c1ccccc1)c1ccc2c(c1)N=C1CCCC(=O)C1C(c1ccc([N+](=O)[O-])cc1)N2. The third-order valence-electron chi connectivity index (χ3n) is 6.23. The number of benzene rings is 3. The van der Waals surface area contributed by atoms with Gasteiger partial charge in [-0.15, -0.1) is 0 Å². The number of nitrogens with zero attached hydrogens (tertiary/aromatic N) is 2. The lowest BCUT2D eigenvalue weighted by molar-refractivity contribution is -0.384. The van der Waals surface area contributed by atoms with Crippen LogP contribution in [0.15, 0.2) is 77.8 Å². The number of nitro groups is 1. The Morgan fingerprint density at radius 1 is 0.970 bits per heavy atom. The Morgan fingerprint density at radius 3 is 2.45 bits per heavy atom. The van der Waals surface area contributed by atoms with Crippen molar-refractivity contribution in [2.24, 2.45) is 10.9 Å². The molecule has 33 heavy (non-hydrogen) atoms. The second-order valence-corrected chi connectivity index (χ2v) is 8.30. The average molecular weight is 439 g/mol. The highest BCUT2D eigenvalue weighted by atomic mass is 16.6. The first-order valence-electron chi connectivity index (χ1n) is 10.9. The molecule has 1 heterocycles. The Balaban J connectivity index is 1.56. The first-order chi connectivity index (χ1) is 16.0. The van der Waals surface area contributed by atoms with Crippen molar-refractivity contribution in [2.75, 3.05) is 5.32 Å². The van der Waals surface area contributed by atoms with Gasteiger partial charge >= 0.3 is 0 Å². The standard InChI is InChI=1S/C26H21N3O4/c30-23-8-4-7-21-24(23)25(16-9-12-19(13-10-16)29(32)33)28-20-14-11-18(15-22(20)27-21)26(31)17-5-2-1-3-6-17/h1-3,5-6,9-15,24-25,28H,4,7-8H2. The maximum Gasteiger partial charge on any atom is 0.269 e. The number of Topliss-reactive ketones (excluding diaryl/α,β-unsaturated/α-hetero) is 1. The van der Waals surface area contributed by atoms with E-state index in [9.17, 15) is 19.7 Å². The molecule has 0 spiro atoms. The zero-order valence-electron chi connectivity index (χ0n) is 17.7. The number of ketones is 2. The Hall–Kier alpha value is -4.13. The summed E-state index contributed by atoms with van der Waals surface area (Å²) in [6, 6.07) is 20.3. The fourth-order valence-corrected chi connectivity index (χ4v) is 4.57. The van der Waals surface area contributed by atoms with E-state index in [4.69, 9.17) is 4.99 Å². The van der Waals surface area contributed by atoms with Crippen LogP contribution >= 0.6 is 0 Å². The molecular weight excluding hydrogens is 418 g/mol. The summed E-state index contributed by atoms with van der Waals surface area (Å²) in [4.78, 5) is 41.4. The topological polar surface area (TPSA) is 102 Å². The molecule has 2 unspecified atom stereocenters. The van der Waals surface area contributed by atoms with Crippen LogP contribution in [0.2, 0.25) is 0 Å². The van der Waals surface area contributed by atoms with Crippen molar-refractivity contribution >= 4 is 34.3 Å². The molecule has 7 heteroatoms. The van der Waals surface area contributed by atoms with Gasteiger partial charge in [-0.25, -0.2) is 0 Å². The Morgan fingerprint density at radius 2 is 1.73 bits per heavy atom. The number of nitro benzene ring substituents is 1. The van der Waals surface area contributed by atoms with Gasteiger partial charge in [-0.1, -0.05) is 42.5 Å². The Bertz CT molecular complexity index is 1280. The van der Waals surface area contributed by atoms with Crippen molar-refractivity contribution in [3.05, 3.63) is 99.6 Å². The molecule has 7 nitrogen and oxygen atoms in total. The number of hydrogen-bond donors (Lipinski definition) is 1. The van der Waals surface area contributed by atoms with Gasteiger partial charge in [0.25, 0.3) is 5.69 Å². The lowest BCUT2D eigenvalue weighted by Crippen LogP contribution is -2.36. The largest absolute Gasteiger partial charge is 0.375 e. The maximum atomic E-state index is 13.0. The van der Waals surface area contributed by atoms with Crippen LogP contribution in [-0.2, 0) is 4.79 Å². The van der Waals surface area contributed by atoms with Gasteiger partial charge in [0, 0.05) is 35.4 Å². The minimum atomic E-state index is -0.458. The molecule has 0 saturated heterocycles. The van der Waals surface area contributed by atoms with Crippen LogP contribution in [0.5, 0.6) is 0 Å². The van der Waals surface area contributed by atoms with Crippen molar-refractivity contribution in [3.8, 4) is 0 Å². The van der Waals surface area contributed by atoms with Crippen LogP contribution in [0.1, 0.15) is 46.8 Å². The smallest absolute Gasteiger partial charge is 0.269 e. The molecule has 1 aliphatic carbocycles. The first-order valence-corrected chi connectivity index (χ1v) is 10.9. The highest BCUT2D eigenvalue weighted by molar-refractivity contribution is 6.12. The number of hydrogen-bond acceptors (Lipinski definition) is 6. The highest BCUT2D eigenvalue weighted by Crippen LogP contribution is 2.41. The monoisotopic (exact) mass is 439 g/mol. The van der Waals surface area contributed by atoms with Crippen molar-refractivity contribution < 1.29 is 14.5 Å². The van der Waals surface area contributed by atoms with Crippen LogP contribution in [0.25, 0.3) is 0 Å². The molecule has 2 aliphatic rings. The number of nitrogens with one attached hydrogen (secondary N) is 1. The van der Waals surface area contributed by atoms with Gasteiger partial charge in [0.05, 0.1) is 28.3 Å². The van der Waals surface area contributed by atoms with Crippen LogP contribution in [0.4, 0.5) is 17.1 Å². The first kappa shape index (κ1) is 20.8. The number of rotatable bonds is 4. The van der Waals surface area contributed by atoms with E-state index < -0.39 is 16.9 Å². The summed E-state index contributed by atoms with van der Waals surface area (Å²) in [5, 5.41) is 14.5. The second kappa shape index (κ2) is 8.43. The summed E-state index contributed by atoms with van der Waals surface area (Å²) in [5.41, 5.74) is 4.03. The molecule has 0 aromatic heterocycles. The molecule has 164 valence electrons. The minimum absolute atomic E-state index is 0.000648. The van der Waals surface area contributed by atoms with Crippen LogP contribution < -0.4 is 5.32 Å². The predicted molar refractivity (Wildman–Crippen MR) is 125 cm³/mol. The molecule has 1 saturated carbocycles. The lowest BCUT2D eigenvalue weighted by Gasteiger charge is -2.30. The lowest BCUT2D eigenvalue weighted by atomic mass is 9.78. The molecule has 0 amide bonds. The van der Waals surface area contributed by atoms with E-state index in [-0.39, 0.29) is 17.3 Å². The van der Waals surface area contributed by atoms with E-state index in [1.807, 2.05) is 24.3 Å². The fourth-order valence-electron chi connectivity index (χ4n) is 4.57. The number of anilines is 1.